The summed E-state index contributed by atoms with van der Waals surface area (Å²) in [5.74, 6) is 0. The van der Waals surface area contributed by atoms with Gasteiger partial charge in [0.1, 0.15) is 0 Å². The Morgan fingerprint density at radius 3 is 2.44 bits per heavy atom. The Hall–Kier alpha value is -1.23. The van der Waals surface area contributed by atoms with E-state index in [-0.39, 0.29) is 0 Å². The molecule has 0 atom stereocenters. The second-order valence-electron chi connectivity index (χ2n) is 4.57. The molecule has 2 nitrogen and oxygen atoms in total. The van der Waals surface area contributed by atoms with Gasteiger partial charge in [-0.05, 0) is 43.7 Å². The van der Waals surface area contributed by atoms with E-state index < -0.39 is 11.7 Å². The maximum atomic E-state index is 12.7. The van der Waals surface area contributed by atoms with Gasteiger partial charge in [0.15, 0.2) is 0 Å². The fraction of sp³-hybridized carbons (Fsp3) is 0.538. The molecule has 1 aliphatic rings. The molecule has 1 aromatic carbocycles. The van der Waals surface area contributed by atoms with Crippen LogP contribution in [-0.2, 0) is 12.7 Å². The van der Waals surface area contributed by atoms with Crippen molar-refractivity contribution in [3.63, 3.8) is 0 Å². The molecular weight excluding hydrogens is 241 g/mol. The third kappa shape index (κ3) is 2.77. The van der Waals surface area contributed by atoms with Crippen LogP contribution in [0.15, 0.2) is 18.2 Å². The van der Waals surface area contributed by atoms with Crippen molar-refractivity contribution in [2.45, 2.75) is 25.6 Å². The van der Waals surface area contributed by atoms with Crippen LogP contribution in [0.3, 0.4) is 0 Å². The summed E-state index contributed by atoms with van der Waals surface area (Å²) < 4.78 is 38.0. The summed E-state index contributed by atoms with van der Waals surface area (Å²) in [6.45, 7) is 2.32. The van der Waals surface area contributed by atoms with Crippen molar-refractivity contribution in [1.82, 2.24) is 5.32 Å². The van der Waals surface area contributed by atoms with Gasteiger partial charge in [0, 0.05) is 25.3 Å². The van der Waals surface area contributed by atoms with E-state index in [4.69, 9.17) is 0 Å². The standard InChI is InChI=1S/C13H17F3N2/c1-17-9-10-8-11(13(14,15)16)4-5-12(10)18-6-2-3-7-18/h4-5,8,17H,2-3,6-7,9H2,1H3. The molecule has 0 unspecified atom stereocenters. The monoisotopic (exact) mass is 258 g/mol. The number of rotatable bonds is 3. The highest BCUT2D eigenvalue weighted by atomic mass is 19.4. The molecule has 1 heterocycles. The van der Waals surface area contributed by atoms with Crippen LogP contribution in [0.2, 0.25) is 0 Å². The number of halogens is 3. The highest BCUT2D eigenvalue weighted by Gasteiger charge is 2.31. The second-order valence-corrected chi connectivity index (χ2v) is 4.57. The Kier molecular flexibility index (Phi) is 3.80. The molecule has 0 spiro atoms. The topological polar surface area (TPSA) is 15.3 Å². The van der Waals surface area contributed by atoms with Crippen LogP contribution in [0, 0.1) is 0 Å². The van der Waals surface area contributed by atoms with E-state index in [0.29, 0.717) is 12.1 Å². The predicted octanol–water partition coefficient (Wildman–Crippen LogP) is 3.03. The third-order valence-electron chi connectivity index (χ3n) is 3.22. The maximum Gasteiger partial charge on any atom is 0.416 e. The number of hydrogen-bond acceptors (Lipinski definition) is 2. The van der Waals surface area contributed by atoms with E-state index in [0.717, 1.165) is 31.6 Å². The zero-order valence-corrected chi connectivity index (χ0v) is 10.3. The van der Waals surface area contributed by atoms with Crippen LogP contribution in [0.4, 0.5) is 18.9 Å². The molecule has 1 fully saturated rings. The zero-order chi connectivity index (χ0) is 13.2. The van der Waals surface area contributed by atoms with Gasteiger partial charge in [-0.3, -0.25) is 0 Å². The summed E-state index contributed by atoms with van der Waals surface area (Å²) in [4.78, 5) is 2.16. The van der Waals surface area contributed by atoms with Gasteiger partial charge in [0.05, 0.1) is 5.56 Å². The molecule has 1 saturated heterocycles. The molecule has 100 valence electrons. The van der Waals surface area contributed by atoms with E-state index in [1.165, 1.54) is 12.1 Å². The molecule has 5 heteroatoms. The van der Waals surface area contributed by atoms with E-state index in [1.54, 1.807) is 13.1 Å². The van der Waals surface area contributed by atoms with E-state index >= 15 is 0 Å². The van der Waals surface area contributed by atoms with Gasteiger partial charge in [0.2, 0.25) is 0 Å². The van der Waals surface area contributed by atoms with E-state index in [2.05, 4.69) is 10.2 Å². The summed E-state index contributed by atoms with van der Waals surface area (Å²) in [6, 6.07) is 4.03. The molecule has 1 aliphatic heterocycles. The lowest BCUT2D eigenvalue weighted by atomic mass is 10.1. The molecule has 0 amide bonds. The molecule has 1 N–H and O–H groups in total. The lowest BCUT2D eigenvalue weighted by molar-refractivity contribution is -0.137. The van der Waals surface area contributed by atoms with Crippen molar-refractivity contribution in [2.75, 3.05) is 25.0 Å². The van der Waals surface area contributed by atoms with Gasteiger partial charge in [-0.2, -0.15) is 13.2 Å². The van der Waals surface area contributed by atoms with Crippen LogP contribution < -0.4 is 10.2 Å². The summed E-state index contributed by atoms with van der Waals surface area (Å²) in [5.41, 5.74) is 1.07. The van der Waals surface area contributed by atoms with Crippen molar-refractivity contribution in [1.29, 1.82) is 0 Å². The number of nitrogens with one attached hydrogen (secondary N) is 1. The Morgan fingerprint density at radius 2 is 1.89 bits per heavy atom. The Balaban J connectivity index is 2.34. The lowest BCUT2D eigenvalue weighted by Gasteiger charge is -2.22. The number of hydrogen-bond donors (Lipinski definition) is 1. The van der Waals surface area contributed by atoms with Crippen molar-refractivity contribution in [2.24, 2.45) is 0 Å². The molecule has 0 saturated carbocycles. The van der Waals surface area contributed by atoms with E-state index in [9.17, 15) is 13.2 Å². The molecule has 2 rings (SSSR count). The maximum absolute atomic E-state index is 12.7. The van der Waals surface area contributed by atoms with Crippen LogP contribution in [0.1, 0.15) is 24.0 Å². The molecule has 18 heavy (non-hydrogen) atoms. The van der Waals surface area contributed by atoms with E-state index in [1.807, 2.05) is 0 Å². The first-order valence-electron chi connectivity index (χ1n) is 6.12. The normalized spacial score (nSPS) is 16.3. The number of nitrogens with zero attached hydrogens (tertiary/aromatic N) is 1. The highest BCUT2D eigenvalue weighted by molar-refractivity contribution is 5.56. The predicted molar refractivity (Wildman–Crippen MR) is 65.7 cm³/mol. The number of alkyl halides is 3. The Labute approximate surface area is 105 Å². The smallest absolute Gasteiger partial charge is 0.371 e. The quantitative estimate of drug-likeness (QED) is 0.896. The van der Waals surface area contributed by atoms with Crippen LogP contribution in [0.5, 0.6) is 0 Å². The van der Waals surface area contributed by atoms with Gasteiger partial charge in [-0.25, -0.2) is 0 Å². The van der Waals surface area contributed by atoms with Gasteiger partial charge in [0.25, 0.3) is 0 Å². The molecular formula is C13H17F3N2. The minimum absolute atomic E-state index is 0.454. The van der Waals surface area contributed by atoms with Crippen molar-refractivity contribution < 1.29 is 13.2 Å². The number of anilines is 1. The fourth-order valence-corrected chi connectivity index (χ4v) is 2.36. The van der Waals surface area contributed by atoms with Crippen LogP contribution in [-0.4, -0.2) is 20.1 Å². The van der Waals surface area contributed by atoms with Gasteiger partial charge in [-0.15, -0.1) is 0 Å². The zero-order valence-electron chi connectivity index (χ0n) is 10.3. The van der Waals surface area contributed by atoms with Crippen LogP contribution in [0.25, 0.3) is 0 Å². The fourth-order valence-electron chi connectivity index (χ4n) is 2.36. The highest BCUT2D eigenvalue weighted by Crippen LogP contribution is 2.33. The summed E-state index contributed by atoms with van der Waals surface area (Å²) >= 11 is 0. The second kappa shape index (κ2) is 5.18. The summed E-state index contributed by atoms with van der Waals surface area (Å²) in [5, 5.41) is 2.93. The summed E-state index contributed by atoms with van der Waals surface area (Å²) in [6.07, 6.45) is -2.05. The Bertz CT molecular complexity index is 409. The van der Waals surface area contributed by atoms with Gasteiger partial charge in [-0.1, -0.05) is 0 Å². The first-order valence-corrected chi connectivity index (χ1v) is 6.12. The van der Waals surface area contributed by atoms with Gasteiger partial charge >= 0.3 is 6.18 Å². The first-order chi connectivity index (χ1) is 8.52. The number of benzene rings is 1. The van der Waals surface area contributed by atoms with Crippen molar-refractivity contribution in [3.05, 3.63) is 29.3 Å². The average Bonchev–Trinajstić information content (AvgIpc) is 2.81. The first kappa shape index (κ1) is 13.2. The molecule has 0 bridgehead atoms. The van der Waals surface area contributed by atoms with Crippen molar-refractivity contribution in [3.8, 4) is 0 Å². The molecule has 0 radical (unpaired) electrons. The van der Waals surface area contributed by atoms with Crippen molar-refractivity contribution >= 4 is 5.69 Å². The largest absolute Gasteiger partial charge is 0.416 e. The average molecular weight is 258 g/mol. The minimum atomic E-state index is -4.27. The summed E-state index contributed by atoms with van der Waals surface area (Å²) in [7, 11) is 1.74. The van der Waals surface area contributed by atoms with Gasteiger partial charge < -0.3 is 10.2 Å². The Morgan fingerprint density at radius 1 is 1.22 bits per heavy atom. The minimum Gasteiger partial charge on any atom is -0.371 e. The third-order valence-corrected chi connectivity index (χ3v) is 3.22. The van der Waals surface area contributed by atoms with Crippen LogP contribution >= 0.6 is 0 Å². The molecule has 0 aliphatic carbocycles. The lowest BCUT2D eigenvalue weighted by Crippen LogP contribution is -2.21. The molecule has 1 aromatic rings. The molecule has 0 aromatic heterocycles. The SMILES string of the molecule is CNCc1cc(C(F)(F)F)ccc1N1CCCC1.